The van der Waals surface area contributed by atoms with Crippen LogP contribution in [-0.2, 0) is 14.3 Å². The van der Waals surface area contributed by atoms with Gasteiger partial charge < -0.3 is 14.9 Å². The van der Waals surface area contributed by atoms with Gasteiger partial charge in [-0.05, 0) is 12.8 Å². The monoisotopic (exact) mass is 597 g/mol. The molecule has 0 bridgehead atoms. The van der Waals surface area contributed by atoms with Crippen LogP contribution in [0.3, 0.4) is 0 Å². The molecule has 0 aliphatic rings. The Morgan fingerprint density at radius 2 is 0.762 bits per heavy atom. The summed E-state index contributed by atoms with van der Waals surface area (Å²) in [6, 6.07) is 0. The van der Waals surface area contributed by atoms with Gasteiger partial charge in [0.25, 0.3) is 0 Å². The third kappa shape index (κ3) is 27.9. The summed E-state index contributed by atoms with van der Waals surface area (Å²) in [6.07, 6.45) is 33.0. The number of Topliss-reactive ketones (excluding diaryl/α,β-unsaturated/α-hetero) is 1. The first-order valence-electron chi connectivity index (χ1n) is 18.6. The summed E-state index contributed by atoms with van der Waals surface area (Å²) in [6.45, 7) is 3.99. The molecule has 0 aromatic rings. The molecule has 0 saturated heterocycles. The van der Waals surface area contributed by atoms with Crippen LogP contribution in [0.25, 0.3) is 0 Å². The average Bonchev–Trinajstić information content (AvgIpc) is 2.99. The first kappa shape index (κ1) is 41.1. The molecule has 250 valence electrons. The fourth-order valence-corrected chi connectivity index (χ4v) is 5.74. The lowest BCUT2D eigenvalue weighted by atomic mass is 10.0. The molecule has 0 heterocycles. The Morgan fingerprint density at radius 3 is 1.07 bits per heavy atom. The molecule has 5 heteroatoms. The second-order valence-corrected chi connectivity index (χ2v) is 12.8. The molecule has 0 radical (unpaired) electrons. The number of unbranched alkanes of at least 4 members (excludes halogenated alkanes) is 26. The number of ether oxygens (including phenoxy) is 1. The van der Waals surface area contributed by atoms with E-state index in [-0.39, 0.29) is 18.6 Å². The normalized spacial score (nSPS) is 12.9. The zero-order chi connectivity index (χ0) is 30.9. The van der Waals surface area contributed by atoms with Gasteiger partial charge in [-0.1, -0.05) is 181 Å². The summed E-state index contributed by atoms with van der Waals surface area (Å²) in [5, 5.41) is 19.9. The van der Waals surface area contributed by atoms with Crippen molar-refractivity contribution in [3.63, 3.8) is 0 Å². The SMILES string of the molecule is CCCCCCCCCCCCCCCCCC(=O)C(O)C(CO)OC(=O)CCCCCCCCCCCCCCC. The van der Waals surface area contributed by atoms with Crippen LogP contribution in [0.4, 0.5) is 0 Å². The first-order valence-corrected chi connectivity index (χ1v) is 18.6. The molecule has 0 aliphatic carbocycles. The Hall–Kier alpha value is -0.940. The van der Waals surface area contributed by atoms with Crippen LogP contribution in [-0.4, -0.2) is 40.8 Å². The number of hydrogen-bond donors (Lipinski definition) is 2. The van der Waals surface area contributed by atoms with E-state index in [9.17, 15) is 19.8 Å². The van der Waals surface area contributed by atoms with Crippen LogP contribution in [0.1, 0.15) is 206 Å². The standard InChI is InChI=1S/C37H72O5/c1-3-5-7-9-11-13-15-17-18-20-21-23-25-27-29-31-34(39)37(41)35(33-38)42-36(40)32-30-28-26-24-22-19-16-14-12-10-8-6-4-2/h35,37-38,41H,3-33H2,1-2H3. The number of rotatable bonds is 34. The Kier molecular flexibility index (Phi) is 32.2. The minimum atomic E-state index is -1.43. The van der Waals surface area contributed by atoms with Crippen molar-refractivity contribution in [2.24, 2.45) is 0 Å². The van der Waals surface area contributed by atoms with E-state index in [2.05, 4.69) is 13.8 Å². The van der Waals surface area contributed by atoms with E-state index >= 15 is 0 Å². The molecule has 5 nitrogen and oxygen atoms in total. The van der Waals surface area contributed by atoms with E-state index in [0.29, 0.717) is 0 Å². The van der Waals surface area contributed by atoms with Gasteiger partial charge in [-0.15, -0.1) is 0 Å². The van der Waals surface area contributed by atoms with Crippen LogP contribution in [0.15, 0.2) is 0 Å². The molecular formula is C37H72O5. The highest BCUT2D eigenvalue weighted by Crippen LogP contribution is 2.16. The lowest BCUT2D eigenvalue weighted by Crippen LogP contribution is -2.40. The van der Waals surface area contributed by atoms with Crippen LogP contribution < -0.4 is 0 Å². The van der Waals surface area contributed by atoms with Gasteiger partial charge in [0.1, 0.15) is 0 Å². The Labute approximate surface area is 261 Å². The van der Waals surface area contributed by atoms with Crippen LogP contribution >= 0.6 is 0 Å². The Balaban J connectivity index is 3.66. The molecule has 0 saturated carbocycles. The highest BCUT2D eigenvalue weighted by molar-refractivity contribution is 5.83. The predicted molar refractivity (Wildman–Crippen MR) is 178 cm³/mol. The number of ketones is 1. The zero-order valence-corrected chi connectivity index (χ0v) is 28.2. The van der Waals surface area contributed by atoms with E-state index in [0.717, 1.165) is 38.5 Å². The molecule has 42 heavy (non-hydrogen) atoms. The van der Waals surface area contributed by atoms with Gasteiger partial charge in [-0.2, -0.15) is 0 Å². The van der Waals surface area contributed by atoms with Crippen LogP contribution in [0, 0.1) is 0 Å². The van der Waals surface area contributed by atoms with Gasteiger partial charge >= 0.3 is 5.97 Å². The molecule has 2 atom stereocenters. The van der Waals surface area contributed by atoms with Crippen molar-refractivity contribution < 1.29 is 24.5 Å². The quantitative estimate of drug-likeness (QED) is 0.0570. The van der Waals surface area contributed by atoms with Crippen molar-refractivity contribution in [1.82, 2.24) is 0 Å². The van der Waals surface area contributed by atoms with Gasteiger partial charge in [0, 0.05) is 12.8 Å². The largest absolute Gasteiger partial charge is 0.457 e. The summed E-state index contributed by atoms with van der Waals surface area (Å²) >= 11 is 0. The number of carbonyl (C=O) groups excluding carboxylic acids is 2. The zero-order valence-electron chi connectivity index (χ0n) is 28.2. The van der Waals surface area contributed by atoms with Crippen molar-refractivity contribution in [3.05, 3.63) is 0 Å². The van der Waals surface area contributed by atoms with Gasteiger partial charge in [-0.3, -0.25) is 9.59 Å². The fraction of sp³-hybridized carbons (Fsp3) is 0.946. The van der Waals surface area contributed by atoms with Gasteiger partial charge in [0.2, 0.25) is 0 Å². The number of hydrogen-bond acceptors (Lipinski definition) is 5. The molecule has 0 fully saturated rings. The number of aliphatic hydroxyl groups is 2. The highest BCUT2D eigenvalue weighted by atomic mass is 16.6. The lowest BCUT2D eigenvalue weighted by Gasteiger charge is -2.20. The highest BCUT2D eigenvalue weighted by Gasteiger charge is 2.28. The van der Waals surface area contributed by atoms with Crippen molar-refractivity contribution >= 4 is 11.8 Å². The summed E-state index contributed by atoms with van der Waals surface area (Å²) in [4.78, 5) is 24.6. The first-order chi connectivity index (χ1) is 20.6. The van der Waals surface area contributed by atoms with Crippen molar-refractivity contribution in [2.75, 3.05) is 6.61 Å². The molecule has 0 rings (SSSR count). The minimum absolute atomic E-state index is 0.270. The van der Waals surface area contributed by atoms with Crippen molar-refractivity contribution in [1.29, 1.82) is 0 Å². The maximum atomic E-state index is 12.4. The smallest absolute Gasteiger partial charge is 0.306 e. The van der Waals surface area contributed by atoms with E-state index in [1.165, 1.54) is 141 Å². The number of esters is 1. The second-order valence-electron chi connectivity index (χ2n) is 12.8. The number of aliphatic hydroxyl groups excluding tert-OH is 2. The van der Waals surface area contributed by atoms with E-state index in [4.69, 9.17) is 4.74 Å². The second kappa shape index (κ2) is 33.0. The molecule has 0 aromatic heterocycles. The summed E-state index contributed by atoms with van der Waals surface area (Å²) in [7, 11) is 0. The molecular weight excluding hydrogens is 524 g/mol. The van der Waals surface area contributed by atoms with Gasteiger partial charge in [0.05, 0.1) is 6.61 Å². The van der Waals surface area contributed by atoms with E-state index < -0.39 is 24.8 Å². The predicted octanol–water partition coefficient (Wildman–Crippen LogP) is 10.6. The average molecular weight is 597 g/mol. The number of carbonyl (C=O) groups is 2. The molecule has 0 aromatic carbocycles. The molecule has 2 unspecified atom stereocenters. The third-order valence-electron chi connectivity index (χ3n) is 8.66. The Bertz CT molecular complexity index is 579. The lowest BCUT2D eigenvalue weighted by molar-refractivity contribution is -0.161. The van der Waals surface area contributed by atoms with E-state index in [1.54, 1.807) is 0 Å². The Morgan fingerprint density at radius 1 is 0.476 bits per heavy atom. The maximum absolute atomic E-state index is 12.4. The molecule has 0 aliphatic heterocycles. The van der Waals surface area contributed by atoms with Crippen LogP contribution in [0.2, 0.25) is 0 Å². The van der Waals surface area contributed by atoms with E-state index in [1.807, 2.05) is 0 Å². The third-order valence-corrected chi connectivity index (χ3v) is 8.66. The topological polar surface area (TPSA) is 83.8 Å². The summed E-state index contributed by atoms with van der Waals surface area (Å²) in [5.41, 5.74) is 0. The maximum Gasteiger partial charge on any atom is 0.306 e. The summed E-state index contributed by atoms with van der Waals surface area (Å²) in [5.74, 6) is -0.770. The molecule has 0 spiro atoms. The van der Waals surface area contributed by atoms with Crippen molar-refractivity contribution in [3.8, 4) is 0 Å². The molecule has 0 amide bonds. The summed E-state index contributed by atoms with van der Waals surface area (Å²) < 4.78 is 5.26. The van der Waals surface area contributed by atoms with Gasteiger partial charge in [0.15, 0.2) is 18.0 Å². The van der Waals surface area contributed by atoms with Gasteiger partial charge in [-0.25, -0.2) is 0 Å². The fourth-order valence-electron chi connectivity index (χ4n) is 5.74. The minimum Gasteiger partial charge on any atom is -0.457 e. The molecule has 2 N–H and O–H groups in total. The van der Waals surface area contributed by atoms with Crippen LogP contribution in [0.5, 0.6) is 0 Å². The van der Waals surface area contributed by atoms with Crippen molar-refractivity contribution in [2.45, 2.75) is 219 Å².